The van der Waals surface area contributed by atoms with Gasteiger partial charge in [-0.05, 0) is 31.2 Å². The Kier molecular flexibility index (Phi) is 6.14. The molecule has 0 saturated carbocycles. The fourth-order valence-electron chi connectivity index (χ4n) is 2.27. The Balaban J connectivity index is 2.98. The first-order valence-corrected chi connectivity index (χ1v) is 7.38. The van der Waals surface area contributed by atoms with E-state index in [1.165, 1.54) is 0 Å². The minimum atomic E-state index is -0.287. The number of benzene rings is 1. The van der Waals surface area contributed by atoms with Crippen molar-refractivity contribution in [3.05, 3.63) is 39.9 Å². The third-order valence-electron chi connectivity index (χ3n) is 4.11. The van der Waals surface area contributed by atoms with Crippen molar-refractivity contribution in [3.8, 4) is 0 Å². The molecule has 4 nitrogen and oxygen atoms in total. The molecule has 1 unspecified atom stereocenters. The van der Waals surface area contributed by atoms with Crippen LogP contribution in [0.3, 0.4) is 0 Å². The molecule has 1 atom stereocenters. The van der Waals surface area contributed by atoms with Gasteiger partial charge in [-0.1, -0.05) is 45.9 Å². The molecule has 0 aliphatic carbocycles. The number of nitro groups is 1. The SMILES string of the molecule is CCCNC(Cc1ccccc1[N+](=O)[O-])C(C)(C)CC. The number of nitro benzene ring substituents is 1. The second-order valence-corrected chi connectivity index (χ2v) is 5.94. The van der Waals surface area contributed by atoms with Crippen molar-refractivity contribution < 1.29 is 4.92 Å². The maximum Gasteiger partial charge on any atom is 0.272 e. The number of rotatable bonds is 8. The minimum Gasteiger partial charge on any atom is -0.313 e. The van der Waals surface area contributed by atoms with Crippen molar-refractivity contribution in [2.75, 3.05) is 6.54 Å². The summed E-state index contributed by atoms with van der Waals surface area (Å²) in [6.07, 6.45) is 2.79. The van der Waals surface area contributed by atoms with Crippen molar-refractivity contribution in [2.24, 2.45) is 5.41 Å². The van der Waals surface area contributed by atoms with Crippen LogP contribution < -0.4 is 5.32 Å². The van der Waals surface area contributed by atoms with Crippen LogP contribution in [0, 0.1) is 15.5 Å². The molecule has 20 heavy (non-hydrogen) atoms. The normalized spacial score (nSPS) is 13.2. The summed E-state index contributed by atoms with van der Waals surface area (Å²) < 4.78 is 0. The maximum atomic E-state index is 11.1. The molecule has 1 rings (SSSR count). The second kappa shape index (κ2) is 7.39. The lowest BCUT2D eigenvalue weighted by molar-refractivity contribution is -0.385. The highest BCUT2D eigenvalue weighted by atomic mass is 16.6. The molecule has 1 aromatic carbocycles. The molecule has 0 radical (unpaired) electrons. The van der Waals surface area contributed by atoms with Crippen LogP contribution in [0.4, 0.5) is 5.69 Å². The van der Waals surface area contributed by atoms with Gasteiger partial charge in [-0.2, -0.15) is 0 Å². The van der Waals surface area contributed by atoms with Crippen LogP contribution in [0.15, 0.2) is 24.3 Å². The van der Waals surface area contributed by atoms with Crippen molar-refractivity contribution in [1.82, 2.24) is 5.32 Å². The smallest absolute Gasteiger partial charge is 0.272 e. The molecule has 1 aromatic rings. The monoisotopic (exact) mass is 278 g/mol. The van der Waals surface area contributed by atoms with E-state index < -0.39 is 0 Å². The summed E-state index contributed by atoms with van der Waals surface area (Å²) >= 11 is 0. The molecular weight excluding hydrogens is 252 g/mol. The quantitative estimate of drug-likeness (QED) is 0.579. The number of nitrogens with one attached hydrogen (secondary N) is 1. The summed E-state index contributed by atoms with van der Waals surface area (Å²) in [5.74, 6) is 0. The standard InChI is InChI=1S/C16H26N2O2/c1-5-11-17-15(16(3,4)6-2)12-13-9-7-8-10-14(13)18(19)20/h7-10,15,17H,5-6,11-12H2,1-4H3. The highest BCUT2D eigenvalue weighted by molar-refractivity contribution is 5.40. The van der Waals surface area contributed by atoms with E-state index >= 15 is 0 Å². The van der Waals surface area contributed by atoms with Gasteiger partial charge in [0.25, 0.3) is 5.69 Å². The van der Waals surface area contributed by atoms with Gasteiger partial charge in [0, 0.05) is 17.7 Å². The summed E-state index contributed by atoms with van der Waals surface area (Å²) in [6.45, 7) is 9.67. The van der Waals surface area contributed by atoms with Gasteiger partial charge in [-0.3, -0.25) is 10.1 Å². The zero-order valence-corrected chi connectivity index (χ0v) is 13.0. The summed E-state index contributed by atoms with van der Waals surface area (Å²) in [4.78, 5) is 10.8. The van der Waals surface area contributed by atoms with E-state index in [0.717, 1.165) is 24.9 Å². The number of hydrogen-bond acceptors (Lipinski definition) is 3. The second-order valence-electron chi connectivity index (χ2n) is 5.94. The van der Waals surface area contributed by atoms with Crippen molar-refractivity contribution in [1.29, 1.82) is 0 Å². The summed E-state index contributed by atoms with van der Waals surface area (Å²) in [7, 11) is 0. The van der Waals surface area contributed by atoms with E-state index in [-0.39, 0.29) is 22.1 Å². The molecule has 0 aromatic heterocycles. The minimum absolute atomic E-state index is 0.110. The van der Waals surface area contributed by atoms with Gasteiger partial charge in [0.1, 0.15) is 0 Å². The Hall–Kier alpha value is -1.42. The average molecular weight is 278 g/mol. The van der Waals surface area contributed by atoms with Crippen LogP contribution >= 0.6 is 0 Å². The van der Waals surface area contributed by atoms with E-state index in [1.54, 1.807) is 12.1 Å². The Morgan fingerprint density at radius 3 is 2.50 bits per heavy atom. The molecule has 4 heteroatoms. The van der Waals surface area contributed by atoms with Crippen LogP contribution in [0.2, 0.25) is 0 Å². The first-order valence-electron chi connectivity index (χ1n) is 7.38. The average Bonchev–Trinajstić information content (AvgIpc) is 2.43. The Labute approximate surface area is 121 Å². The topological polar surface area (TPSA) is 55.2 Å². The highest BCUT2D eigenvalue weighted by Gasteiger charge is 2.29. The number of para-hydroxylation sites is 1. The Bertz CT molecular complexity index is 444. The molecule has 0 bridgehead atoms. The van der Waals surface area contributed by atoms with Gasteiger partial charge < -0.3 is 5.32 Å². The summed E-state index contributed by atoms with van der Waals surface area (Å²) in [6, 6.07) is 7.29. The van der Waals surface area contributed by atoms with Crippen molar-refractivity contribution >= 4 is 5.69 Å². The summed E-state index contributed by atoms with van der Waals surface area (Å²) in [5.41, 5.74) is 1.15. The van der Waals surface area contributed by atoms with Crippen LogP contribution in [-0.2, 0) is 6.42 Å². The fraction of sp³-hybridized carbons (Fsp3) is 0.625. The highest BCUT2D eigenvalue weighted by Crippen LogP contribution is 2.29. The molecule has 1 N–H and O–H groups in total. The molecule has 0 aliphatic rings. The van der Waals surface area contributed by atoms with Gasteiger partial charge in [0.15, 0.2) is 0 Å². The first-order chi connectivity index (χ1) is 9.42. The van der Waals surface area contributed by atoms with Crippen molar-refractivity contribution in [2.45, 2.75) is 53.0 Å². The molecule has 0 saturated heterocycles. The van der Waals surface area contributed by atoms with Gasteiger partial charge >= 0.3 is 0 Å². The summed E-state index contributed by atoms with van der Waals surface area (Å²) in [5, 5.41) is 14.7. The lowest BCUT2D eigenvalue weighted by atomic mass is 9.78. The van der Waals surface area contributed by atoms with Gasteiger partial charge in [-0.25, -0.2) is 0 Å². The first kappa shape index (κ1) is 16.6. The molecule has 0 fully saturated rings. The zero-order valence-electron chi connectivity index (χ0n) is 13.0. The van der Waals surface area contributed by atoms with Gasteiger partial charge in [-0.15, -0.1) is 0 Å². The van der Waals surface area contributed by atoms with E-state index in [9.17, 15) is 10.1 Å². The molecule has 0 spiro atoms. The predicted molar refractivity (Wildman–Crippen MR) is 83.0 cm³/mol. The molecule has 0 amide bonds. The molecule has 112 valence electrons. The largest absolute Gasteiger partial charge is 0.313 e. The predicted octanol–water partition coefficient (Wildman–Crippen LogP) is 3.94. The van der Waals surface area contributed by atoms with E-state index in [0.29, 0.717) is 6.42 Å². The Morgan fingerprint density at radius 2 is 1.95 bits per heavy atom. The molecule has 0 heterocycles. The van der Waals surface area contributed by atoms with E-state index in [1.807, 2.05) is 12.1 Å². The third-order valence-corrected chi connectivity index (χ3v) is 4.11. The maximum absolute atomic E-state index is 11.1. The third kappa shape index (κ3) is 4.30. The van der Waals surface area contributed by atoms with E-state index in [2.05, 4.69) is 33.0 Å². The van der Waals surface area contributed by atoms with Crippen LogP contribution in [-0.4, -0.2) is 17.5 Å². The lowest BCUT2D eigenvalue weighted by Gasteiger charge is -2.34. The lowest BCUT2D eigenvalue weighted by Crippen LogP contribution is -2.43. The van der Waals surface area contributed by atoms with Crippen LogP contribution in [0.25, 0.3) is 0 Å². The molecule has 0 aliphatic heterocycles. The number of nitrogens with zero attached hydrogens (tertiary/aromatic N) is 1. The van der Waals surface area contributed by atoms with Crippen LogP contribution in [0.1, 0.15) is 46.1 Å². The fourth-order valence-corrected chi connectivity index (χ4v) is 2.27. The van der Waals surface area contributed by atoms with Crippen LogP contribution in [0.5, 0.6) is 0 Å². The number of hydrogen-bond donors (Lipinski definition) is 1. The van der Waals surface area contributed by atoms with E-state index in [4.69, 9.17) is 0 Å². The van der Waals surface area contributed by atoms with Gasteiger partial charge in [0.05, 0.1) is 4.92 Å². The van der Waals surface area contributed by atoms with Gasteiger partial charge in [0.2, 0.25) is 0 Å². The zero-order chi connectivity index (χ0) is 15.2. The molecular formula is C16H26N2O2. The Morgan fingerprint density at radius 1 is 1.30 bits per heavy atom. The van der Waals surface area contributed by atoms with Crippen molar-refractivity contribution in [3.63, 3.8) is 0 Å².